The van der Waals surface area contributed by atoms with Crippen molar-refractivity contribution in [3.8, 4) is 5.75 Å². The van der Waals surface area contributed by atoms with Gasteiger partial charge in [0.15, 0.2) is 0 Å². The number of hydrogen-bond acceptors (Lipinski definition) is 3. The number of ether oxygens (including phenoxy) is 1. The number of carboxylic acids is 1. The van der Waals surface area contributed by atoms with Crippen molar-refractivity contribution in [2.24, 2.45) is 23.7 Å². The Bertz CT molecular complexity index is 661. The number of hydrogen-bond donors (Lipinski definition) is 2. The van der Waals surface area contributed by atoms with Crippen LogP contribution >= 0.6 is 0 Å². The summed E-state index contributed by atoms with van der Waals surface area (Å²) in [6.07, 6.45) is 4.32. The van der Waals surface area contributed by atoms with Gasteiger partial charge in [0.1, 0.15) is 5.75 Å². The molecular formula is C16H15F2NO4. The first kappa shape index (κ1) is 15.5. The second kappa shape index (κ2) is 5.98. The summed E-state index contributed by atoms with van der Waals surface area (Å²) in [5.41, 5.74) is 0.105. The highest BCUT2D eigenvalue weighted by atomic mass is 19.3. The van der Waals surface area contributed by atoms with Crippen molar-refractivity contribution in [1.82, 2.24) is 0 Å². The Morgan fingerprint density at radius 3 is 2.48 bits per heavy atom. The van der Waals surface area contributed by atoms with Crippen LogP contribution in [0.3, 0.4) is 0 Å². The molecule has 2 aliphatic carbocycles. The van der Waals surface area contributed by atoms with Crippen LogP contribution in [-0.2, 0) is 9.59 Å². The predicted octanol–water partition coefficient (Wildman–Crippen LogP) is 2.75. The Hall–Kier alpha value is -2.44. The van der Waals surface area contributed by atoms with Gasteiger partial charge in [0.25, 0.3) is 0 Å². The van der Waals surface area contributed by atoms with E-state index in [1.807, 2.05) is 12.2 Å². The van der Waals surface area contributed by atoms with E-state index in [1.54, 1.807) is 6.07 Å². The van der Waals surface area contributed by atoms with Crippen LogP contribution in [0, 0.1) is 23.7 Å². The number of rotatable bonds is 5. The van der Waals surface area contributed by atoms with Crippen molar-refractivity contribution in [2.75, 3.05) is 5.32 Å². The maximum atomic E-state index is 12.5. The molecule has 1 aromatic carbocycles. The Labute approximate surface area is 130 Å². The van der Waals surface area contributed by atoms with Crippen molar-refractivity contribution >= 4 is 17.6 Å². The lowest BCUT2D eigenvalue weighted by molar-refractivity contribution is -0.146. The summed E-state index contributed by atoms with van der Waals surface area (Å²) in [7, 11) is 0. The number of aliphatic carboxylic acids is 1. The Kier molecular flexibility index (Phi) is 4.02. The van der Waals surface area contributed by atoms with E-state index in [1.165, 1.54) is 18.2 Å². The third kappa shape index (κ3) is 2.91. The van der Waals surface area contributed by atoms with E-state index in [0.717, 1.165) is 0 Å². The second-order valence-electron chi connectivity index (χ2n) is 5.70. The smallest absolute Gasteiger partial charge is 0.387 e. The zero-order valence-electron chi connectivity index (χ0n) is 12.0. The summed E-state index contributed by atoms with van der Waals surface area (Å²) >= 11 is 0. The third-order valence-electron chi connectivity index (χ3n) is 4.41. The van der Waals surface area contributed by atoms with Crippen LogP contribution in [-0.4, -0.2) is 23.6 Å². The molecule has 5 nitrogen and oxygen atoms in total. The molecule has 2 aliphatic rings. The first-order chi connectivity index (χ1) is 11.0. The number of carbonyl (C=O) groups is 2. The topological polar surface area (TPSA) is 75.6 Å². The Morgan fingerprint density at radius 1 is 1.17 bits per heavy atom. The number of alkyl halides is 2. The first-order valence-corrected chi connectivity index (χ1v) is 7.23. The molecule has 1 aromatic rings. The van der Waals surface area contributed by atoms with E-state index in [-0.39, 0.29) is 23.3 Å². The molecule has 1 fully saturated rings. The van der Waals surface area contributed by atoms with Crippen LogP contribution in [0.4, 0.5) is 14.5 Å². The number of para-hydroxylation sites is 2. The molecule has 0 aliphatic heterocycles. The Balaban J connectivity index is 1.80. The lowest BCUT2D eigenvalue weighted by atomic mass is 9.82. The van der Waals surface area contributed by atoms with E-state index in [4.69, 9.17) is 0 Å². The van der Waals surface area contributed by atoms with Crippen molar-refractivity contribution in [1.29, 1.82) is 0 Å². The van der Waals surface area contributed by atoms with Crippen LogP contribution in [0.1, 0.15) is 6.42 Å². The van der Waals surface area contributed by atoms with Gasteiger partial charge in [0.05, 0.1) is 17.5 Å². The highest BCUT2D eigenvalue weighted by Crippen LogP contribution is 2.48. The predicted molar refractivity (Wildman–Crippen MR) is 77.1 cm³/mol. The van der Waals surface area contributed by atoms with Gasteiger partial charge in [0, 0.05) is 0 Å². The monoisotopic (exact) mass is 323 g/mol. The molecule has 1 saturated carbocycles. The van der Waals surface area contributed by atoms with Crippen molar-refractivity contribution in [2.45, 2.75) is 13.0 Å². The van der Waals surface area contributed by atoms with Crippen LogP contribution in [0.25, 0.3) is 0 Å². The van der Waals surface area contributed by atoms with Gasteiger partial charge in [-0.2, -0.15) is 8.78 Å². The molecule has 0 aromatic heterocycles. The number of fused-ring (bicyclic) bond motifs is 2. The number of amides is 1. The number of carboxylic acid groups (broad SMARTS) is 1. The van der Waals surface area contributed by atoms with Gasteiger partial charge in [0.2, 0.25) is 5.91 Å². The number of allylic oxidation sites excluding steroid dienone is 2. The summed E-state index contributed by atoms with van der Waals surface area (Å²) in [6.45, 7) is -3.01. The van der Waals surface area contributed by atoms with E-state index >= 15 is 0 Å². The number of benzene rings is 1. The summed E-state index contributed by atoms with van der Waals surface area (Å²) in [6, 6.07) is 5.84. The van der Waals surface area contributed by atoms with Gasteiger partial charge < -0.3 is 15.2 Å². The minimum atomic E-state index is -3.01. The molecule has 3 rings (SSSR count). The van der Waals surface area contributed by atoms with Crippen molar-refractivity contribution in [3.05, 3.63) is 36.4 Å². The SMILES string of the molecule is O=C(O)[C@@H]1[C@@H](C(=O)Nc2ccccc2OC(F)F)[C@H]2C=C[C@@H]1C2. The zero-order valence-corrected chi connectivity index (χ0v) is 12.0. The molecule has 7 heteroatoms. The minimum Gasteiger partial charge on any atom is -0.481 e. The quantitative estimate of drug-likeness (QED) is 0.817. The molecule has 2 bridgehead atoms. The van der Waals surface area contributed by atoms with Crippen LogP contribution in [0.2, 0.25) is 0 Å². The van der Waals surface area contributed by atoms with Crippen LogP contribution in [0.5, 0.6) is 5.75 Å². The lowest BCUT2D eigenvalue weighted by Crippen LogP contribution is -2.36. The molecule has 4 atom stereocenters. The molecule has 1 amide bonds. The fourth-order valence-corrected chi connectivity index (χ4v) is 3.50. The fraction of sp³-hybridized carbons (Fsp3) is 0.375. The molecule has 0 unspecified atom stereocenters. The normalized spacial score (nSPS) is 28.1. The summed E-state index contributed by atoms with van der Waals surface area (Å²) < 4.78 is 29.2. The first-order valence-electron chi connectivity index (χ1n) is 7.23. The average molecular weight is 323 g/mol. The second-order valence-corrected chi connectivity index (χ2v) is 5.70. The van der Waals surface area contributed by atoms with E-state index in [2.05, 4.69) is 10.1 Å². The maximum absolute atomic E-state index is 12.5. The van der Waals surface area contributed by atoms with Crippen LogP contribution in [0.15, 0.2) is 36.4 Å². The van der Waals surface area contributed by atoms with Crippen molar-refractivity contribution < 1.29 is 28.2 Å². The van der Waals surface area contributed by atoms with Gasteiger partial charge >= 0.3 is 12.6 Å². The lowest BCUT2D eigenvalue weighted by Gasteiger charge is -2.24. The van der Waals surface area contributed by atoms with Gasteiger partial charge in [-0.05, 0) is 30.4 Å². The molecule has 0 heterocycles. The highest BCUT2D eigenvalue weighted by molar-refractivity contribution is 5.97. The van der Waals surface area contributed by atoms with Crippen molar-refractivity contribution in [3.63, 3.8) is 0 Å². The van der Waals surface area contributed by atoms with E-state index in [9.17, 15) is 23.5 Å². The average Bonchev–Trinajstić information content (AvgIpc) is 3.09. The third-order valence-corrected chi connectivity index (χ3v) is 4.41. The van der Waals surface area contributed by atoms with Crippen LogP contribution < -0.4 is 10.1 Å². The van der Waals surface area contributed by atoms with Gasteiger partial charge in [-0.1, -0.05) is 24.3 Å². The van der Waals surface area contributed by atoms with E-state index < -0.39 is 30.3 Å². The molecule has 0 saturated heterocycles. The van der Waals surface area contributed by atoms with Gasteiger partial charge in [-0.3, -0.25) is 9.59 Å². The number of anilines is 1. The standard InChI is InChI=1S/C16H15F2NO4/c17-16(18)23-11-4-2-1-3-10(11)19-14(20)12-8-5-6-9(7-8)13(12)15(21)22/h1-6,8-9,12-13,16H,7H2,(H,19,20)(H,21,22)/t8-,9+,12-,13-/m0/s1. The van der Waals surface area contributed by atoms with Gasteiger partial charge in [-0.25, -0.2) is 0 Å². The Morgan fingerprint density at radius 2 is 1.83 bits per heavy atom. The number of halogens is 2. The molecule has 23 heavy (non-hydrogen) atoms. The fourth-order valence-electron chi connectivity index (χ4n) is 3.50. The molecule has 0 spiro atoms. The minimum absolute atomic E-state index is 0.105. The molecule has 0 radical (unpaired) electrons. The summed E-state index contributed by atoms with van der Waals surface area (Å²) in [5.74, 6) is -3.43. The summed E-state index contributed by atoms with van der Waals surface area (Å²) in [5, 5.41) is 11.9. The molecule has 122 valence electrons. The van der Waals surface area contributed by atoms with Gasteiger partial charge in [-0.15, -0.1) is 0 Å². The highest BCUT2D eigenvalue weighted by Gasteiger charge is 2.51. The maximum Gasteiger partial charge on any atom is 0.387 e. The largest absolute Gasteiger partial charge is 0.481 e. The molecular weight excluding hydrogens is 308 g/mol. The molecule has 2 N–H and O–H groups in total. The number of carbonyl (C=O) groups excluding carboxylic acids is 1. The summed E-state index contributed by atoms with van der Waals surface area (Å²) in [4.78, 5) is 23.9. The number of nitrogens with one attached hydrogen (secondary N) is 1. The zero-order chi connectivity index (χ0) is 16.6. The van der Waals surface area contributed by atoms with E-state index in [0.29, 0.717) is 6.42 Å².